The molecule has 1 rings (SSSR count). The first kappa shape index (κ1) is 10.1. The molecule has 0 heterocycles. The molecule has 1 aromatic rings. The minimum absolute atomic E-state index is 0.271. The zero-order valence-corrected chi connectivity index (χ0v) is 7.18. The van der Waals surface area contributed by atoms with Crippen LogP contribution in [0.1, 0.15) is 17.2 Å². The first-order valence-corrected chi connectivity index (χ1v) is 3.97. The molecule has 13 heavy (non-hydrogen) atoms. The molecule has 1 atom stereocenters. The zero-order chi connectivity index (χ0) is 9.68. The number of aliphatic hydroxyl groups excluding tert-OH is 2. The predicted octanol–water partition coefficient (Wildman–Crippen LogP) is 0.103. The SMILES string of the molecule is NOCc1ccc(C(O)CO)cc1. The lowest BCUT2D eigenvalue weighted by molar-refractivity contribution is 0.0954. The van der Waals surface area contributed by atoms with Crippen molar-refractivity contribution in [3.63, 3.8) is 0 Å². The van der Waals surface area contributed by atoms with Crippen molar-refractivity contribution < 1.29 is 15.1 Å². The average Bonchev–Trinajstić information content (AvgIpc) is 2.18. The van der Waals surface area contributed by atoms with Crippen LogP contribution in [0, 0.1) is 0 Å². The third-order valence-electron chi connectivity index (χ3n) is 1.79. The lowest BCUT2D eigenvalue weighted by Crippen LogP contribution is -2.03. The molecule has 0 aliphatic carbocycles. The quantitative estimate of drug-likeness (QED) is 0.579. The number of hydrogen-bond acceptors (Lipinski definition) is 4. The molecule has 0 radical (unpaired) electrons. The molecule has 4 heteroatoms. The second-order valence-electron chi connectivity index (χ2n) is 2.75. The summed E-state index contributed by atoms with van der Waals surface area (Å²) in [7, 11) is 0. The minimum Gasteiger partial charge on any atom is -0.393 e. The van der Waals surface area contributed by atoms with Crippen molar-refractivity contribution >= 4 is 0 Å². The van der Waals surface area contributed by atoms with Gasteiger partial charge in [-0.3, -0.25) is 4.84 Å². The van der Waals surface area contributed by atoms with Crippen molar-refractivity contribution in [2.24, 2.45) is 5.90 Å². The van der Waals surface area contributed by atoms with E-state index in [4.69, 9.17) is 11.0 Å². The van der Waals surface area contributed by atoms with Gasteiger partial charge >= 0.3 is 0 Å². The summed E-state index contributed by atoms with van der Waals surface area (Å²) in [6.07, 6.45) is -0.812. The molecule has 1 aromatic carbocycles. The molecule has 0 saturated carbocycles. The molecule has 0 aliphatic heterocycles. The van der Waals surface area contributed by atoms with E-state index in [9.17, 15) is 5.11 Å². The van der Waals surface area contributed by atoms with E-state index in [2.05, 4.69) is 4.84 Å². The van der Waals surface area contributed by atoms with E-state index in [1.807, 2.05) is 0 Å². The fraction of sp³-hybridized carbons (Fsp3) is 0.333. The average molecular weight is 183 g/mol. The van der Waals surface area contributed by atoms with Crippen molar-refractivity contribution in [3.05, 3.63) is 35.4 Å². The van der Waals surface area contributed by atoms with Crippen LogP contribution in [-0.2, 0) is 11.4 Å². The van der Waals surface area contributed by atoms with E-state index in [-0.39, 0.29) is 6.61 Å². The van der Waals surface area contributed by atoms with Crippen LogP contribution in [0.3, 0.4) is 0 Å². The number of rotatable bonds is 4. The van der Waals surface area contributed by atoms with E-state index < -0.39 is 6.10 Å². The molecule has 0 amide bonds. The van der Waals surface area contributed by atoms with Gasteiger partial charge in [0.05, 0.1) is 13.2 Å². The Kier molecular flexibility index (Phi) is 3.85. The van der Waals surface area contributed by atoms with E-state index >= 15 is 0 Å². The summed E-state index contributed by atoms with van der Waals surface area (Å²) >= 11 is 0. The molecular weight excluding hydrogens is 170 g/mol. The molecule has 0 aromatic heterocycles. The van der Waals surface area contributed by atoms with Crippen LogP contribution in [0.4, 0.5) is 0 Å². The van der Waals surface area contributed by atoms with Gasteiger partial charge in [-0.1, -0.05) is 24.3 Å². The summed E-state index contributed by atoms with van der Waals surface area (Å²) in [5.41, 5.74) is 1.61. The molecular formula is C9H13NO3. The largest absolute Gasteiger partial charge is 0.393 e. The maximum absolute atomic E-state index is 9.24. The van der Waals surface area contributed by atoms with Crippen LogP contribution in [0.2, 0.25) is 0 Å². The Hall–Kier alpha value is -0.940. The third kappa shape index (κ3) is 2.78. The molecule has 4 nitrogen and oxygen atoms in total. The summed E-state index contributed by atoms with van der Waals surface area (Å²) in [4.78, 5) is 4.44. The predicted molar refractivity (Wildman–Crippen MR) is 47.5 cm³/mol. The van der Waals surface area contributed by atoms with Crippen LogP contribution in [0.15, 0.2) is 24.3 Å². The Morgan fingerprint density at radius 1 is 1.31 bits per heavy atom. The van der Waals surface area contributed by atoms with Gasteiger partial charge in [0.25, 0.3) is 0 Å². The fourth-order valence-corrected chi connectivity index (χ4v) is 1.04. The van der Waals surface area contributed by atoms with E-state index in [0.717, 1.165) is 5.56 Å². The number of aliphatic hydroxyl groups is 2. The third-order valence-corrected chi connectivity index (χ3v) is 1.79. The van der Waals surface area contributed by atoms with Crippen molar-refractivity contribution in [2.75, 3.05) is 6.61 Å². The van der Waals surface area contributed by atoms with Crippen LogP contribution in [-0.4, -0.2) is 16.8 Å². The highest BCUT2D eigenvalue weighted by Gasteiger charge is 2.04. The summed E-state index contributed by atoms with van der Waals surface area (Å²) in [6.45, 7) is 0.0717. The molecule has 4 N–H and O–H groups in total. The summed E-state index contributed by atoms with van der Waals surface area (Å²) in [5.74, 6) is 4.90. The van der Waals surface area contributed by atoms with Gasteiger partial charge in [0.1, 0.15) is 6.10 Å². The molecule has 0 fully saturated rings. The standard InChI is InChI=1S/C9H13NO3/c10-13-6-7-1-3-8(4-2-7)9(12)5-11/h1-4,9,11-12H,5-6,10H2. The molecule has 1 unspecified atom stereocenters. The smallest absolute Gasteiger partial charge is 0.102 e. The maximum Gasteiger partial charge on any atom is 0.102 e. The number of nitrogens with two attached hydrogens (primary N) is 1. The van der Waals surface area contributed by atoms with Gasteiger partial charge < -0.3 is 10.2 Å². The highest BCUT2D eigenvalue weighted by atomic mass is 16.6. The lowest BCUT2D eigenvalue weighted by atomic mass is 10.1. The van der Waals surface area contributed by atoms with Crippen LogP contribution >= 0.6 is 0 Å². The Morgan fingerprint density at radius 2 is 1.92 bits per heavy atom. The van der Waals surface area contributed by atoms with Gasteiger partial charge in [-0.05, 0) is 11.1 Å². The summed E-state index contributed by atoms with van der Waals surface area (Å²) in [6, 6.07) is 7.05. The maximum atomic E-state index is 9.24. The number of benzene rings is 1. The lowest BCUT2D eigenvalue weighted by Gasteiger charge is -2.07. The molecule has 0 spiro atoms. The van der Waals surface area contributed by atoms with Crippen molar-refractivity contribution in [2.45, 2.75) is 12.7 Å². The Labute approximate surface area is 76.5 Å². The van der Waals surface area contributed by atoms with E-state index in [1.165, 1.54) is 0 Å². The first-order chi connectivity index (χ1) is 6.27. The Morgan fingerprint density at radius 3 is 2.38 bits per heavy atom. The highest BCUT2D eigenvalue weighted by molar-refractivity contribution is 5.23. The van der Waals surface area contributed by atoms with Crippen LogP contribution in [0.5, 0.6) is 0 Å². The van der Waals surface area contributed by atoms with Gasteiger partial charge in [0.15, 0.2) is 0 Å². The highest BCUT2D eigenvalue weighted by Crippen LogP contribution is 2.13. The first-order valence-electron chi connectivity index (χ1n) is 3.97. The van der Waals surface area contributed by atoms with Crippen LogP contribution in [0.25, 0.3) is 0 Å². The van der Waals surface area contributed by atoms with Gasteiger partial charge in [0, 0.05) is 0 Å². The molecule has 0 bridgehead atoms. The summed E-state index contributed by atoms with van der Waals surface area (Å²) < 4.78 is 0. The summed E-state index contributed by atoms with van der Waals surface area (Å²) in [5, 5.41) is 17.9. The fourth-order valence-electron chi connectivity index (χ4n) is 1.04. The second kappa shape index (κ2) is 4.94. The second-order valence-corrected chi connectivity index (χ2v) is 2.75. The number of hydrogen-bond donors (Lipinski definition) is 3. The van der Waals surface area contributed by atoms with Crippen molar-refractivity contribution in [1.29, 1.82) is 0 Å². The molecule has 72 valence electrons. The van der Waals surface area contributed by atoms with Gasteiger partial charge in [-0.15, -0.1) is 0 Å². The monoisotopic (exact) mass is 183 g/mol. The zero-order valence-electron chi connectivity index (χ0n) is 7.18. The normalized spacial score (nSPS) is 12.8. The van der Waals surface area contributed by atoms with Gasteiger partial charge in [0.2, 0.25) is 0 Å². The minimum atomic E-state index is -0.812. The molecule has 0 saturated heterocycles. The van der Waals surface area contributed by atoms with Gasteiger partial charge in [-0.25, -0.2) is 5.90 Å². The Balaban J connectivity index is 2.69. The van der Waals surface area contributed by atoms with E-state index in [0.29, 0.717) is 12.2 Å². The Bertz CT molecular complexity index is 248. The topological polar surface area (TPSA) is 75.7 Å². The van der Waals surface area contributed by atoms with Crippen molar-refractivity contribution in [1.82, 2.24) is 0 Å². The van der Waals surface area contributed by atoms with Crippen molar-refractivity contribution in [3.8, 4) is 0 Å². The molecule has 0 aliphatic rings. The van der Waals surface area contributed by atoms with E-state index in [1.54, 1.807) is 24.3 Å². The van der Waals surface area contributed by atoms with Gasteiger partial charge in [-0.2, -0.15) is 0 Å². The van der Waals surface area contributed by atoms with Crippen LogP contribution < -0.4 is 5.90 Å².